The van der Waals surface area contributed by atoms with E-state index in [1.807, 2.05) is 0 Å². The molecule has 0 heterocycles. The molecule has 0 bridgehead atoms. The van der Waals surface area contributed by atoms with Crippen LogP contribution in [-0.2, 0) is 32.7 Å². The number of hydrogen-bond donors (Lipinski definition) is 0. The topological polar surface area (TPSA) is 0 Å². The van der Waals surface area contributed by atoms with Gasteiger partial charge in [-0.15, -0.1) is 0 Å². The third kappa shape index (κ3) is 4.89. The van der Waals surface area contributed by atoms with Gasteiger partial charge in [-0.2, -0.15) is 23.7 Å². The van der Waals surface area contributed by atoms with Crippen LogP contribution in [0.15, 0.2) is 0 Å². The monoisotopic (exact) mass is 447 g/mol. The van der Waals surface area contributed by atoms with Gasteiger partial charge in [0.05, 0.1) is 0 Å². The fraction of sp³-hybridized carbons (Fsp3) is 0.923. The Bertz CT molecular complexity index is 417. The van der Waals surface area contributed by atoms with E-state index in [4.69, 9.17) is 0 Å². The molecule has 27 heavy (non-hydrogen) atoms. The van der Waals surface area contributed by atoms with E-state index < -0.39 is 0 Å². The summed E-state index contributed by atoms with van der Waals surface area (Å²) in [4.78, 5) is 0. The first-order valence-electron chi connectivity index (χ1n) is 11.9. The molecular formula is C26H46Y-2. The fourth-order valence-electron chi connectivity index (χ4n) is 7.46. The van der Waals surface area contributed by atoms with Crippen LogP contribution in [0.2, 0.25) is 0 Å². The fourth-order valence-corrected chi connectivity index (χ4v) is 7.46. The molecule has 1 radical (unpaired) electrons. The summed E-state index contributed by atoms with van der Waals surface area (Å²) in [5.41, 5.74) is 0. The van der Waals surface area contributed by atoms with E-state index in [0.717, 1.165) is 71.0 Å². The summed E-state index contributed by atoms with van der Waals surface area (Å²) in [6, 6.07) is 0. The molecule has 4 fully saturated rings. The van der Waals surface area contributed by atoms with Crippen molar-refractivity contribution in [2.45, 2.75) is 81.1 Å². The Morgan fingerprint density at radius 2 is 0.778 bits per heavy atom. The van der Waals surface area contributed by atoms with Crippen LogP contribution in [-0.4, -0.2) is 0 Å². The van der Waals surface area contributed by atoms with Crippen molar-refractivity contribution in [3.05, 3.63) is 12.8 Å². The number of rotatable bonds is 0. The third-order valence-corrected chi connectivity index (χ3v) is 9.60. The summed E-state index contributed by atoms with van der Waals surface area (Å²) < 4.78 is 0. The maximum Gasteiger partial charge on any atom is 0 e. The quantitative estimate of drug-likeness (QED) is 0.336. The van der Waals surface area contributed by atoms with Gasteiger partial charge < -0.3 is 12.8 Å². The van der Waals surface area contributed by atoms with Crippen molar-refractivity contribution < 1.29 is 32.7 Å². The van der Waals surface area contributed by atoms with Gasteiger partial charge in [-0.25, -0.2) is 0 Å². The smallest absolute Gasteiger partial charge is 0 e. The van der Waals surface area contributed by atoms with E-state index in [1.54, 1.807) is 0 Å². The minimum Gasteiger partial charge on any atom is -0.322 e. The number of hydrogen-bond acceptors (Lipinski definition) is 0. The van der Waals surface area contributed by atoms with Gasteiger partial charge in [0.15, 0.2) is 0 Å². The minimum absolute atomic E-state index is 0. The molecule has 4 rings (SSSR count). The summed E-state index contributed by atoms with van der Waals surface area (Å²) >= 11 is 0. The SMILES string of the molecule is CC1[CH-]C2C(C)CCC(C)C2C1C.CC1[CH-]C2C(C)CCC(C)C2C1C.[Y]. The molecule has 155 valence electrons. The van der Waals surface area contributed by atoms with Crippen molar-refractivity contribution >= 4 is 0 Å². The van der Waals surface area contributed by atoms with E-state index >= 15 is 0 Å². The molecule has 12 atom stereocenters. The zero-order chi connectivity index (χ0) is 19.2. The molecule has 0 aromatic carbocycles. The van der Waals surface area contributed by atoms with Crippen molar-refractivity contribution in [1.82, 2.24) is 0 Å². The summed E-state index contributed by atoms with van der Waals surface area (Å²) in [6.07, 6.45) is 11.1. The molecular weight excluding hydrogens is 401 g/mol. The summed E-state index contributed by atoms with van der Waals surface area (Å²) in [5.74, 6) is 11.3. The first kappa shape index (κ1) is 24.4. The molecule has 0 aromatic heterocycles. The van der Waals surface area contributed by atoms with Crippen LogP contribution in [0, 0.1) is 83.9 Å². The predicted octanol–water partition coefficient (Wildman–Crippen LogP) is 7.55. The zero-order valence-electron chi connectivity index (χ0n) is 19.5. The van der Waals surface area contributed by atoms with Crippen LogP contribution in [0.1, 0.15) is 81.1 Å². The summed E-state index contributed by atoms with van der Waals surface area (Å²) in [7, 11) is 0. The van der Waals surface area contributed by atoms with Crippen LogP contribution in [0.5, 0.6) is 0 Å². The van der Waals surface area contributed by atoms with Crippen LogP contribution >= 0.6 is 0 Å². The molecule has 0 aliphatic heterocycles. The van der Waals surface area contributed by atoms with Gasteiger partial charge in [0.25, 0.3) is 0 Å². The first-order valence-corrected chi connectivity index (χ1v) is 11.9. The summed E-state index contributed by atoms with van der Waals surface area (Å²) in [5, 5.41) is 0. The second kappa shape index (κ2) is 9.94. The maximum absolute atomic E-state index is 2.65. The van der Waals surface area contributed by atoms with Gasteiger partial charge in [0.1, 0.15) is 0 Å². The molecule has 0 nitrogen and oxygen atoms in total. The van der Waals surface area contributed by atoms with Crippen molar-refractivity contribution in [2.24, 2.45) is 71.0 Å². The Morgan fingerprint density at radius 1 is 0.481 bits per heavy atom. The Kier molecular flexibility index (Phi) is 8.97. The molecule has 4 aliphatic carbocycles. The Labute approximate surface area is 196 Å². The molecule has 1 heteroatoms. The second-order valence-electron chi connectivity index (χ2n) is 11.2. The van der Waals surface area contributed by atoms with Crippen LogP contribution in [0.4, 0.5) is 0 Å². The van der Waals surface area contributed by atoms with E-state index in [-0.39, 0.29) is 32.7 Å². The van der Waals surface area contributed by atoms with Gasteiger partial charge in [-0.1, -0.05) is 117 Å². The number of fused-ring (bicyclic) bond motifs is 2. The van der Waals surface area contributed by atoms with Crippen molar-refractivity contribution in [3.63, 3.8) is 0 Å². The van der Waals surface area contributed by atoms with Crippen LogP contribution in [0.3, 0.4) is 0 Å². The van der Waals surface area contributed by atoms with Gasteiger partial charge in [0, 0.05) is 32.7 Å². The average Bonchev–Trinajstić information content (AvgIpc) is 3.07. The van der Waals surface area contributed by atoms with Crippen LogP contribution < -0.4 is 0 Å². The van der Waals surface area contributed by atoms with Crippen molar-refractivity contribution in [2.75, 3.05) is 0 Å². The molecule has 4 aliphatic rings. The Hall–Kier alpha value is 1.10. The van der Waals surface area contributed by atoms with Crippen molar-refractivity contribution in [3.8, 4) is 0 Å². The predicted molar refractivity (Wildman–Crippen MR) is 114 cm³/mol. The Morgan fingerprint density at radius 3 is 1.07 bits per heavy atom. The van der Waals surface area contributed by atoms with Crippen molar-refractivity contribution in [1.29, 1.82) is 0 Å². The minimum atomic E-state index is 0. The van der Waals surface area contributed by atoms with E-state index in [9.17, 15) is 0 Å². The largest absolute Gasteiger partial charge is 0.322 e. The molecule has 0 N–H and O–H groups in total. The first-order chi connectivity index (χ1) is 12.2. The average molecular weight is 448 g/mol. The van der Waals surface area contributed by atoms with E-state index in [0.29, 0.717) is 0 Å². The van der Waals surface area contributed by atoms with Crippen LogP contribution in [0.25, 0.3) is 0 Å². The van der Waals surface area contributed by atoms with E-state index in [1.165, 1.54) is 25.7 Å². The van der Waals surface area contributed by atoms with E-state index in [2.05, 4.69) is 68.2 Å². The van der Waals surface area contributed by atoms with Gasteiger partial charge >= 0.3 is 0 Å². The molecule has 12 unspecified atom stereocenters. The van der Waals surface area contributed by atoms with Gasteiger partial charge in [0.2, 0.25) is 0 Å². The molecule has 4 saturated carbocycles. The standard InChI is InChI=1S/2C13H23.Y/c2*1-8-5-6-9(2)13-11(4)10(3)7-12(8)13;/h2*7-13H,5-6H2,1-4H3;/q2*-1;. The molecule has 0 amide bonds. The third-order valence-electron chi connectivity index (χ3n) is 9.60. The normalized spacial score (nSPS) is 54.2. The zero-order valence-corrected chi connectivity index (χ0v) is 22.3. The molecule has 0 saturated heterocycles. The van der Waals surface area contributed by atoms with Gasteiger partial charge in [-0.05, 0) is 11.8 Å². The molecule has 0 aromatic rings. The maximum atomic E-state index is 2.65. The van der Waals surface area contributed by atoms with Gasteiger partial charge in [-0.3, -0.25) is 0 Å². The Balaban J connectivity index is 0.000000187. The second-order valence-corrected chi connectivity index (χ2v) is 11.2. The molecule has 0 spiro atoms. The summed E-state index contributed by atoms with van der Waals surface area (Å²) in [6.45, 7) is 19.6.